The first kappa shape index (κ1) is 14.2. The number of nitrogens with zero attached hydrogens (tertiary/aromatic N) is 1. The molecule has 1 aromatic carbocycles. The molecule has 19 heavy (non-hydrogen) atoms. The molecule has 2 rings (SSSR count). The lowest BCUT2D eigenvalue weighted by atomic mass is 10.0. The van der Waals surface area contributed by atoms with Crippen molar-refractivity contribution >= 4 is 0 Å². The number of halogens is 1. The van der Waals surface area contributed by atoms with Crippen LogP contribution in [0.15, 0.2) is 18.2 Å². The summed E-state index contributed by atoms with van der Waals surface area (Å²) in [7, 11) is 1.89. The Morgan fingerprint density at radius 2 is 2.37 bits per heavy atom. The summed E-state index contributed by atoms with van der Waals surface area (Å²) in [6.07, 6.45) is 0.136. The smallest absolute Gasteiger partial charge is 0.123 e. The van der Waals surface area contributed by atoms with E-state index in [0.29, 0.717) is 12.2 Å². The SMILES string of the molecule is CNCC1CN(C(C)c2cc(F)ccc2O)CCO1. The normalized spacial score (nSPS) is 22.4. The Morgan fingerprint density at radius 3 is 3.11 bits per heavy atom. The van der Waals surface area contributed by atoms with E-state index >= 15 is 0 Å². The summed E-state index contributed by atoms with van der Waals surface area (Å²) < 4.78 is 19.0. The van der Waals surface area contributed by atoms with Gasteiger partial charge in [0.25, 0.3) is 0 Å². The van der Waals surface area contributed by atoms with E-state index in [1.165, 1.54) is 18.2 Å². The molecule has 106 valence electrons. The number of hydrogen-bond acceptors (Lipinski definition) is 4. The fourth-order valence-corrected chi connectivity index (χ4v) is 2.50. The Labute approximate surface area is 113 Å². The topological polar surface area (TPSA) is 44.7 Å². The lowest BCUT2D eigenvalue weighted by molar-refractivity contribution is -0.0395. The number of hydrogen-bond donors (Lipinski definition) is 2. The first-order valence-electron chi connectivity index (χ1n) is 6.60. The Morgan fingerprint density at radius 1 is 1.58 bits per heavy atom. The summed E-state index contributed by atoms with van der Waals surface area (Å²) in [5.74, 6) is -0.176. The summed E-state index contributed by atoms with van der Waals surface area (Å²) in [6.45, 7) is 5.00. The number of phenolic OH excluding ortho intramolecular Hbond substituents is 1. The molecule has 1 aliphatic rings. The second-order valence-electron chi connectivity index (χ2n) is 4.92. The van der Waals surface area contributed by atoms with Crippen molar-refractivity contribution in [3.63, 3.8) is 0 Å². The van der Waals surface area contributed by atoms with Crippen molar-refractivity contribution in [3.05, 3.63) is 29.6 Å². The molecule has 1 fully saturated rings. The summed E-state index contributed by atoms with van der Waals surface area (Å²) >= 11 is 0. The van der Waals surface area contributed by atoms with Crippen molar-refractivity contribution in [3.8, 4) is 5.75 Å². The second-order valence-corrected chi connectivity index (χ2v) is 4.92. The van der Waals surface area contributed by atoms with E-state index in [2.05, 4.69) is 10.2 Å². The van der Waals surface area contributed by atoms with Crippen LogP contribution < -0.4 is 5.32 Å². The van der Waals surface area contributed by atoms with E-state index in [-0.39, 0.29) is 23.7 Å². The first-order chi connectivity index (χ1) is 9.11. The fourth-order valence-electron chi connectivity index (χ4n) is 2.50. The maximum Gasteiger partial charge on any atom is 0.123 e. The molecule has 0 amide bonds. The molecule has 0 spiro atoms. The zero-order valence-corrected chi connectivity index (χ0v) is 11.4. The molecule has 0 aromatic heterocycles. The van der Waals surface area contributed by atoms with Crippen molar-refractivity contribution in [1.82, 2.24) is 10.2 Å². The molecule has 2 atom stereocenters. The van der Waals surface area contributed by atoms with Crippen LogP contribution in [0.2, 0.25) is 0 Å². The largest absolute Gasteiger partial charge is 0.508 e. The number of benzene rings is 1. The number of aromatic hydroxyl groups is 1. The third kappa shape index (κ3) is 3.43. The summed E-state index contributed by atoms with van der Waals surface area (Å²) in [5, 5.41) is 13.0. The van der Waals surface area contributed by atoms with Gasteiger partial charge < -0.3 is 15.2 Å². The molecule has 0 bridgehead atoms. The Kier molecular flexibility index (Phi) is 4.74. The van der Waals surface area contributed by atoms with Crippen LogP contribution in [0, 0.1) is 5.82 Å². The van der Waals surface area contributed by atoms with Crippen LogP contribution in [0.3, 0.4) is 0 Å². The Hall–Kier alpha value is -1.17. The summed E-state index contributed by atoms with van der Waals surface area (Å²) in [6, 6.07) is 4.06. The van der Waals surface area contributed by atoms with Crippen molar-refractivity contribution in [1.29, 1.82) is 0 Å². The molecule has 4 nitrogen and oxygen atoms in total. The minimum absolute atomic E-state index is 0.0287. The van der Waals surface area contributed by atoms with Crippen LogP contribution in [0.5, 0.6) is 5.75 Å². The van der Waals surface area contributed by atoms with Crippen LogP contribution in [0.4, 0.5) is 4.39 Å². The number of likely N-dealkylation sites (N-methyl/N-ethyl adjacent to an activating group) is 1. The van der Waals surface area contributed by atoms with Gasteiger partial charge in [0.05, 0.1) is 12.7 Å². The number of ether oxygens (including phenoxy) is 1. The third-order valence-corrected chi connectivity index (χ3v) is 3.59. The zero-order valence-electron chi connectivity index (χ0n) is 11.4. The van der Waals surface area contributed by atoms with E-state index in [1.54, 1.807) is 0 Å². The highest BCUT2D eigenvalue weighted by Gasteiger charge is 2.26. The van der Waals surface area contributed by atoms with Crippen molar-refractivity contribution in [2.75, 3.05) is 33.3 Å². The molecule has 0 radical (unpaired) electrons. The molecule has 0 saturated carbocycles. The lowest BCUT2D eigenvalue weighted by Gasteiger charge is -2.37. The van der Waals surface area contributed by atoms with Gasteiger partial charge in [-0.05, 0) is 32.2 Å². The van der Waals surface area contributed by atoms with Gasteiger partial charge in [-0.15, -0.1) is 0 Å². The van der Waals surface area contributed by atoms with Gasteiger partial charge in [-0.3, -0.25) is 4.90 Å². The predicted molar refractivity (Wildman–Crippen MR) is 71.7 cm³/mol. The average molecular weight is 268 g/mol. The molecule has 1 saturated heterocycles. The highest BCUT2D eigenvalue weighted by atomic mass is 19.1. The van der Waals surface area contributed by atoms with Gasteiger partial charge in [-0.1, -0.05) is 0 Å². The number of rotatable bonds is 4. The maximum absolute atomic E-state index is 13.3. The van der Waals surface area contributed by atoms with Crippen molar-refractivity contribution < 1.29 is 14.2 Å². The van der Waals surface area contributed by atoms with E-state index < -0.39 is 0 Å². The molecule has 1 aromatic rings. The second kappa shape index (κ2) is 6.32. The summed E-state index contributed by atoms with van der Waals surface area (Å²) in [5.41, 5.74) is 0.630. The van der Waals surface area contributed by atoms with Gasteiger partial charge in [0.2, 0.25) is 0 Å². The minimum atomic E-state index is -0.320. The Balaban J connectivity index is 2.10. The van der Waals surface area contributed by atoms with Crippen LogP contribution in [-0.2, 0) is 4.74 Å². The molecule has 2 unspecified atom stereocenters. The maximum atomic E-state index is 13.3. The van der Waals surface area contributed by atoms with Crippen LogP contribution >= 0.6 is 0 Å². The van der Waals surface area contributed by atoms with E-state index in [4.69, 9.17) is 4.74 Å². The first-order valence-corrected chi connectivity index (χ1v) is 6.60. The molecule has 0 aliphatic carbocycles. The molecule has 1 aliphatic heterocycles. The quantitative estimate of drug-likeness (QED) is 0.869. The van der Waals surface area contributed by atoms with Gasteiger partial charge in [-0.25, -0.2) is 4.39 Å². The highest BCUT2D eigenvalue weighted by Crippen LogP contribution is 2.30. The highest BCUT2D eigenvalue weighted by molar-refractivity contribution is 5.35. The minimum Gasteiger partial charge on any atom is -0.508 e. The van der Waals surface area contributed by atoms with Gasteiger partial charge in [-0.2, -0.15) is 0 Å². The van der Waals surface area contributed by atoms with Gasteiger partial charge in [0.15, 0.2) is 0 Å². The lowest BCUT2D eigenvalue weighted by Crippen LogP contribution is -2.46. The molecular weight excluding hydrogens is 247 g/mol. The van der Waals surface area contributed by atoms with Crippen LogP contribution in [0.25, 0.3) is 0 Å². The third-order valence-electron chi connectivity index (χ3n) is 3.59. The van der Waals surface area contributed by atoms with Crippen molar-refractivity contribution in [2.45, 2.75) is 19.1 Å². The monoisotopic (exact) mass is 268 g/mol. The predicted octanol–water partition coefficient (Wildman–Crippen LogP) is 1.51. The molecule has 5 heteroatoms. The van der Waals surface area contributed by atoms with E-state index in [0.717, 1.165) is 19.6 Å². The van der Waals surface area contributed by atoms with Gasteiger partial charge >= 0.3 is 0 Å². The number of phenols is 1. The van der Waals surface area contributed by atoms with E-state index in [9.17, 15) is 9.50 Å². The van der Waals surface area contributed by atoms with Gasteiger partial charge in [0.1, 0.15) is 11.6 Å². The van der Waals surface area contributed by atoms with Crippen molar-refractivity contribution in [2.24, 2.45) is 0 Å². The van der Waals surface area contributed by atoms with Crippen LogP contribution in [0.1, 0.15) is 18.5 Å². The molecular formula is C14H21FN2O2. The standard InChI is InChI=1S/C14H21FN2O2/c1-10(13-7-11(15)3-4-14(13)18)17-5-6-19-12(9-17)8-16-2/h3-4,7,10,12,16,18H,5-6,8-9H2,1-2H3. The number of nitrogens with one attached hydrogen (secondary N) is 1. The zero-order chi connectivity index (χ0) is 13.8. The summed E-state index contributed by atoms with van der Waals surface area (Å²) in [4.78, 5) is 2.21. The van der Waals surface area contributed by atoms with E-state index in [1.807, 2.05) is 14.0 Å². The molecule has 1 heterocycles. The fraction of sp³-hybridized carbons (Fsp3) is 0.571. The van der Waals surface area contributed by atoms with Crippen LogP contribution in [-0.4, -0.2) is 49.4 Å². The Bertz CT molecular complexity index is 426. The average Bonchev–Trinajstić information content (AvgIpc) is 2.41. The number of morpholine rings is 1. The van der Waals surface area contributed by atoms with Gasteiger partial charge in [0, 0.05) is 31.2 Å². The molecule has 2 N–H and O–H groups in total.